The Balaban J connectivity index is 0. The van der Waals surface area contributed by atoms with E-state index in [1.54, 1.807) is 0 Å². The second kappa shape index (κ2) is 11.0. The van der Waals surface area contributed by atoms with E-state index in [0.29, 0.717) is 0 Å². The second-order valence-corrected chi connectivity index (χ2v) is 4.51. The van der Waals surface area contributed by atoms with E-state index < -0.39 is 0 Å². The van der Waals surface area contributed by atoms with Gasteiger partial charge in [-0.15, -0.1) is 24.8 Å². The summed E-state index contributed by atoms with van der Waals surface area (Å²) in [4.78, 5) is 2.23. The van der Waals surface area contributed by atoms with Crippen LogP contribution in [0.4, 0.5) is 0 Å². The van der Waals surface area contributed by atoms with E-state index in [1.807, 2.05) is 0 Å². The van der Waals surface area contributed by atoms with E-state index in [1.165, 1.54) is 38.6 Å². The Bertz CT molecular complexity index is 126. The lowest BCUT2D eigenvalue weighted by atomic mass is 9.89. The minimum atomic E-state index is 0. The first-order valence-electron chi connectivity index (χ1n) is 5.64. The van der Waals surface area contributed by atoms with Crippen LogP contribution >= 0.6 is 24.8 Å². The van der Waals surface area contributed by atoms with Gasteiger partial charge in [0.25, 0.3) is 0 Å². The van der Waals surface area contributed by atoms with Crippen LogP contribution in [0.25, 0.3) is 0 Å². The Labute approximate surface area is 107 Å². The highest BCUT2D eigenvalue weighted by molar-refractivity contribution is 5.85. The van der Waals surface area contributed by atoms with Crippen LogP contribution in [0.5, 0.6) is 0 Å². The van der Waals surface area contributed by atoms with Gasteiger partial charge in [0.05, 0.1) is 0 Å². The topological polar surface area (TPSA) is 15.3 Å². The number of nitrogens with one attached hydrogen (secondary N) is 1. The molecular weight excluding hydrogens is 231 g/mol. The van der Waals surface area contributed by atoms with Crippen molar-refractivity contribution in [2.24, 2.45) is 5.92 Å². The fourth-order valence-corrected chi connectivity index (χ4v) is 2.00. The third-order valence-corrected chi connectivity index (χ3v) is 2.89. The molecule has 2 nitrogen and oxygen atoms in total. The molecule has 15 heavy (non-hydrogen) atoms. The highest BCUT2D eigenvalue weighted by Gasteiger charge is 2.12. The molecule has 0 amide bonds. The number of likely N-dealkylation sites (N-methyl/N-ethyl adjacent to an activating group) is 1. The first-order valence-corrected chi connectivity index (χ1v) is 5.64. The SMILES string of the molecule is CN(C)CCNCC1CCCCC1.Cl.Cl. The molecule has 0 aromatic carbocycles. The van der Waals surface area contributed by atoms with E-state index >= 15 is 0 Å². The number of rotatable bonds is 5. The zero-order valence-electron chi connectivity index (χ0n) is 10.00. The molecule has 0 saturated heterocycles. The van der Waals surface area contributed by atoms with Crippen LogP contribution in [0.2, 0.25) is 0 Å². The van der Waals surface area contributed by atoms with Crippen molar-refractivity contribution >= 4 is 24.8 Å². The maximum absolute atomic E-state index is 3.54. The van der Waals surface area contributed by atoms with Crippen molar-refractivity contribution in [2.75, 3.05) is 33.7 Å². The second-order valence-electron chi connectivity index (χ2n) is 4.51. The van der Waals surface area contributed by atoms with Crippen LogP contribution in [0.1, 0.15) is 32.1 Å². The van der Waals surface area contributed by atoms with Crippen molar-refractivity contribution in [1.29, 1.82) is 0 Å². The predicted octanol–water partition coefficient (Wildman–Crippen LogP) is 2.56. The summed E-state index contributed by atoms with van der Waals surface area (Å²) in [5.41, 5.74) is 0. The molecule has 1 rings (SSSR count). The van der Waals surface area contributed by atoms with E-state index in [-0.39, 0.29) is 24.8 Å². The maximum atomic E-state index is 3.54. The van der Waals surface area contributed by atoms with Gasteiger partial charge in [-0.2, -0.15) is 0 Å². The minimum Gasteiger partial charge on any atom is -0.315 e. The van der Waals surface area contributed by atoms with Crippen LogP contribution in [-0.4, -0.2) is 38.6 Å². The normalized spacial score (nSPS) is 17.0. The van der Waals surface area contributed by atoms with Gasteiger partial charge in [0.2, 0.25) is 0 Å². The van der Waals surface area contributed by atoms with Crippen molar-refractivity contribution in [3.8, 4) is 0 Å². The summed E-state index contributed by atoms with van der Waals surface area (Å²) in [7, 11) is 4.25. The molecule has 0 aromatic heterocycles. The van der Waals surface area contributed by atoms with Gasteiger partial charge in [-0.05, 0) is 39.4 Å². The number of hydrogen-bond acceptors (Lipinski definition) is 2. The quantitative estimate of drug-likeness (QED) is 0.761. The lowest BCUT2D eigenvalue weighted by Crippen LogP contribution is -2.31. The third kappa shape index (κ3) is 9.43. The fraction of sp³-hybridized carbons (Fsp3) is 1.00. The van der Waals surface area contributed by atoms with Crippen molar-refractivity contribution in [3.05, 3.63) is 0 Å². The lowest BCUT2D eigenvalue weighted by Gasteiger charge is -2.22. The van der Waals surface area contributed by atoms with Crippen LogP contribution in [0.15, 0.2) is 0 Å². The highest BCUT2D eigenvalue weighted by Crippen LogP contribution is 2.22. The summed E-state index contributed by atoms with van der Waals surface area (Å²) in [6.07, 6.45) is 7.29. The number of nitrogens with zero attached hydrogens (tertiary/aromatic N) is 1. The van der Waals surface area contributed by atoms with E-state index in [0.717, 1.165) is 19.0 Å². The van der Waals surface area contributed by atoms with Crippen LogP contribution in [0.3, 0.4) is 0 Å². The molecule has 1 saturated carbocycles. The van der Waals surface area contributed by atoms with Gasteiger partial charge in [-0.1, -0.05) is 19.3 Å². The molecule has 0 atom stereocenters. The summed E-state index contributed by atoms with van der Waals surface area (Å²) in [5.74, 6) is 0.968. The molecule has 0 heterocycles. The molecule has 1 aliphatic rings. The van der Waals surface area contributed by atoms with Gasteiger partial charge in [0.1, 0.15) is 0 Å². The van der Waals surface area contributed by atoms with Gasteiger partial charge in [-0.25, -0.2) is 0 Å². The number of halogens is 2. The van der Waals surface area contributed by atoms with Crippen molar-refractivity contribution in [3.63, 3.8) is 0 Å². The number of hydrogen-bond donors (Lipinski definition) is 1. The molecule has 0 aromatic rings. The zero-order valence-corrected chi connectivity index (χ0v) is 11.6. The monoisotopic (exact) mass is 256 g/mol. The van der Waals surface area contributed by atoms with Gasteiger partial charge in [0.15, 0.2) is 0 Å². The Hall–Kier alpha value is 0.500. The summed E-state index contributed by atoms with van der Waals surface area (Å²) < 4.78 is 0. The Morgan fingerprint density at radius 1 is 1.07 bits per heavy atom. The Morgan fingerprint density at radius 3 is 2.20 bits per heavy atom. The van der Waals surface area contributed by atoms with E-state index in [4.69, 9.17) is 0 Å². The summed E-state index contributed by atoms with van der Waals surface area (Å²) in [6.45, 7) is 3.55. The third-order valence-electron chi connectivity index (χ3n) is 2.89. The largest absolute Gasteiger partial charge is 0.315 e. The molecule has 1 fully saturated rings. The molecule has 1 aliphatic carbocycles. The van der Waals surface area contributed by atoms with Crippen molar-refractivity contribution in [2.45, 2.75) is 32.1 Å². The lowest BCUT2D eigenvalue weighted by molar-refractivity contribution is 0.330. The highest BCUT2D eigenvalue weighted by atomic mass is 35.5. The molecule has 0 radical (unpaired) electrons. The molecule has 1 N–H and O–H groups in total. The smallest absolute Gasteiger partial charge is 0.0101 e. The first kappa shape index (κ1) is 17.9. The molecular formula is C11H26Cl2N2. The van der Waals surface area contributed by atoms with Gasteiger partial charge in [0, 0.05) is 13.1 Å². The fourth-order valence-electron chi connectivity index (χ4n) is 2.00. The average Bonchev–Trinajstić information content (AvgIpc) is 2.14. The van der Waals surface area contributed by atoms with Crippen molar-refractivity contribution < 1.29 is 0 Å². The van der Waals surface area contributed by atoms with E-state index in [9.17, 15) is 0 Å². The molecule has 4 heteroatoms. The first-order chi connectivity index (χ1) is 6.29. The summed E-state index contributed by atoms with van der Waals surface area (Å²) >= 11 is 0. The van der Waals surface area contributed by atoms with Crippen LogP contribution < -0.4 is 5.32 Å². The molecule has 0 spiro atoms. The predicted molar refractivity (Wildman–Crippen MR) is 72.5 cm³/mol. The van der Waals surface area contributed by atoms with Gasteiger partial charge >= 0.3 is 0 Å². The van der Waals surface area contributed by atoms with Gasteiger partial charge in [-0.3, -0.25) is 0 Å². The van der Waals surface area contributed by atoms with Crippen LogP contribution in [-0.2, 0) is 0 Å². The Morgan fingerprint density at radius 2 is 1.67 bits per heavy atom. The Kier molecular flexibility index (Phi) is 13.1. The minimum absolute atomic E-state index is 0. The average molecular weight is 257 g/mol. The molecule has 0 aliphatic heterocycles. The molecule has 0 bridgehead atoms. The molecule has 94 valence electrons. The van der Waals surface area contributed by atoms with Crippen molar-refractivity contribution in [1.82, 2.24) is 10.2 Å². The summed E-state index contributed by atoms with van der Waals surface area (Å²) in [5, 5.41) is 3.54. The standard InChI is InChI=1S/C11H24N2.2ClH/c1-13(2)9-8-12-10-11-6-4-3-5-7-11;;/h11-12H,3-10H2,1-2H3;2*1H. The van der Waals surface area contributed by atoms with Gasteiger partial charge < -0.3 is 10.2 Å². The maximum Gasteiger partial charge on any atom is 0.0101 e. The zero-order chi connectivity index (χ0) is 9.52. The molecule has 0 unspecified atom stereocenters. The van der Waals surface area contributed by atoms with E-state index in [2.05, 4.69) is 24.3 Å². The summed E-state index contributed by atoms with van der Waals surface area (Å²) in [6, 6.07) is 0. The van der Waals surface area contributed by atoms with Crippen LogP contribution in [0, 0.1) is 5.92 Å².